The molecule has 0 bridgehead atoms. The number of nitrogens with one attached hydrogen (secondary N) is 3. The Balaban J connectivity index is 1.57. The second kappa shape index (κ2) is 10.4. The van der Waals surface area contributed by atoms with E-state index in [0.29, 0.717) is 17.0 Å². The molecule has 0 saturated carbocycles. The largest absolute Gasteiger partial charge is 0.497 e. The van der Waals surface area contributed by atoms with Crippen molar-refractivity contribution in [2.75, 3.05) is 11.8 Å². The van der Waals surface area contributed by atoms with Gasteiger partial charge in [0.15, 0.2) is 0 Å². The zero-order valence-electron chi connectivity index (χ0n) is 17.4. The maximum atomic E-state index is 13.6. The van der Waals surface area contributed by atoms with Crippen molar-refractivity contribution in [3.05, 3.63) is 95.8 Å². The Hall–Kier alpha value is -4.18. The number of anilines is 1. The van der Waals surface area contributed by atoms with Gasteiger partial charge in [0.05, 0.1) is 17.6 Å². The minimum absolute atomic E-state index is 0.0390. The number of methoxy groups -OCH3 is 1. The lowest BCUT2D eigenvalue weighted by Crippen LogP contribution is -2.41. The number of ether oxygens (including phenoxy) is 1. The fourth-order valence-corrected chi connectivity index (χ4v) is 3.73. The van der Waals surface area contributed by atoms with Crippen molar-refractivity contribution in [1.82, 2.24) is 10.9 Å². The molecule has 170 valence electrons. The zero-order chi connectivity index (χ0) is 23.8. The molecule has 8 nitrogen and oxygen atoms in total. The van der Waals surface area contributed by atoms with Crippen LogP contribution in [0, 0.1) is 5.82 Å². The van der Waals surface area contributed by atoms with Gasteiger partial charge < -0.3 is 4.74 Å². The highest BCUT2D eigenvalue weighted by Crippen LogP contribution is 2.20. The van der Waals surface area contributed by atoms with Crippen LogP contribution in [0.15, 0.2) is 83.8 Å². The van der Waals surface area contributed by atoms with E-state index in [2.05, 4.69) is 15.6 Å². The second-order valence-corrected chi connectivity index (χ2v) is 8.34. The van der Waals surface area contributed by atoms with Gasteiger partial charge in [-0.2, -0.15) is 0 Å². The number of hydrazine groups is 1. The van der Waals surface area contributed by atoms with Crippen LogP contribution in [0.4, 0.5) is 10.1 Å². The molecule has 0 unspecified atom stereocenters. The van der Waals surface area contributed by atoms with E-state index >= 15 is 0 Å². The molecule has 10 heteroatoms. The predicted molar refractivity (Wildman–Crippen MR) is 121 cm³/mol. The van der Waals surface area contributed by atoms with Gasteiger partial charge in [0, 0.05) is 11.8 Å². The number of sulfonamides is 1. The molecule has 33 heavy (non-hydrogen) atoms. The Morgan fingerprint density at radius 1 is 0.909 bits per heavy atom. The van der Waals surface area contributed by atoms with E-state index in [1.54, 1.807) is 24.3 Å². The summed E-state index contributed by atoms with van der Waals surface area (Å²) in [7, 11) is -2.29. The molecular formula is C23H20FN3O5S. The Morgan fingerprint density at radius 3 is 2.21 bits per heavy atom. The molecule has 0 fully saturated rings. The summed E-state index contributed by atoms with van der Waals surface area (Å²) in [6.45, 7) is 0. The lowest BCUT2D eigenvalue weighted by Gasteiger charge is -2.09. The standard InChI is InChI=1S/C23H20FN3O5S/c1-32-18-11-9-17(10-12-18)27-33(30,31)19-13-6-16(7-14-19)8-15-22(28)25-26-23(29)20-4-2-3-5-21(20)24/h2-15,27H,1H3,(H,25,28)(H,26,29)/b15-8+. The Kier molecular flexibility index (Phi) is 7.42. The average Bonchev–Trinajstić information content (AvgIpc) is 2.82. The van der Waals surface area contributed by atoms with Gasteiger partial charge in [0.2, 0.25) is 0 Å². The SMILES string of the molecule is COc1ccc(NS(=O)(=O)c2ccc(/C=C/C(=O)NNC(=O)c3ccccc3F)cc2)cc1. The minimum Gasteiger partial charge on any atom is -0.497 e. The van der Waals surface area contributed by atoms with Crippen LogP contribution in [0.25, 0.3) is 6.08 Å². The molecule has 0 heterocycles. The highest BCUT2D eigenvalue weighted by molar-refractivity contribution is 7.92. The van der Waals surface area contributed by atoms with Crippen molar-refractivity contribution in [2.24, 2.45) is 0 Å². The monoisotopic (exact) mass is 469 g/mol. The molecule has 0 aliphatic heterocycles. The fourth-order valence-electron chi connectivity index (χ4n) is 2.68. The van der Waals surface area contributed by atoms with E-state index in [0.717, 1.165) is 12.1 Å². The van der Waals surface area contributed by atoms with Crippen molar-refractivity contribution in [3.8, 4) is 5.75 Å². The first-order valence-corrected chi connectivity index (χ1v) is 11.1. The first-order valence-electron chi connectivity index (χ1n) is 9.58. The van der Waals surface area contributed by atoms with Gasteiger partial charge in [-0.25, -0.2) is 12.8 Å². The number of carbonyl (C=O) groups is 2. The summed E-state index contributed by atoms with van der Waals surface area (Å²) in [4.78, 5) is 23.8. The average molecular weight is 469 g/mol. The molecule has 0 atom stereocenters. The third-order valence-corrected chi connectivity index (χ3v) is 5.77. The maximum Gasteiger partial charge on any atom is 0.272 e. The molecule has 0 spiro atoms. The summed E-state index contributed by atoms with van der Waals surface area (Å²) in [5, 5.41) is 0. The smallest absolute Gasteiger partial charge is 0.272 e. The topological polar surface area (TPSA) is 114 Å². The van der Waals surface area contributed by atoms with Gasteiger partial charge in [-0.1, -0.05) is 24.3 Å². The Morgan fingerprint density at radius 2 is 1.58 bits per heavy atom. The lowest BCUT2D eigenvalue weighted by molar-refractivity contribution is -0.117. The number of hydrogen-bond donors (Lipinski definition) is 3. The van der Waals surface area contributed by atoms with Gasteiger partial charge in [-0.15, -0.1) is 0 Å². The summed E-state index contributed by atoms with van der Waals surface area (Å²) in [6.07, 6.45) is 2.57. The van der Waals surface area contributed by atoms with Crippen LogP contribution < -0.4 is 20.3 Å². The molecule has 0 radical (unpaired) electrons. The van der Waals surface area contributed by atoms with Crippen LogP contribution in [0.1, 0.15) is 15.9 Å². The third-order valence-electron chi connectivity index (χ3n) is 4.38. The van der Waals surface area contributed by atoms with Gasteiger partial charge in [0.25, 0.3) is 21.8 Å². The molecule has 3 rings (SSSR count). The first-order chi connectivity index (χ1) is 15.8. The predicted octanol–water partition coefficient (Wildman–Crippen LogP) is 3.11. The highest BCUT2D eigenvalue weighted by atomic mass is 32.2. The van der Waals surface area contributed by atoms with Crippen molar-refractivity contribution >= 4 is 33.6 Å². The molecule has 3 N–H and O–H groups in total. The quantitative estimate of drug-likeness (QED) is 0.364. The number of amides is 2. The molecule has 0 aromatic heterocycles. The fraction of sp³-hybridized carbons (Fsp3) is 0.0435. The van der Waals surface area contributed by atoms with Crippen molar-refractivity contribution in [1.29, 1.82) is 0 Å². The van der Waals surface area contributed by atoms with E-state index in [4.69, 9.17) is 4.74 Å². The van der Waals surface area contributed by atoms with Crippen LogP contribution in [0.5, 0.6) is 5.75 Å². The molecule has 0 aliphatic carbocycles. The third kappa shape index (κ3) is 6.40. The number of rotatable bonds is 7. The first kappa shape index (κ1) is 23.5. The number of carbonyl (C=O) groups excluding carboxylic acids is 2. The van der Waals surface area contributed by atoms with Crippen LogP contribution >= 0.6 is 0 Å². The Bertz CT molecular complexity index is 1270. The lowest BCUT2D eigenvalue weighted by atomic mass is 10.2. The summed E-state index contributed by atoms with van der Waals surface area (Å²) >= 11 is 0. The van der Waals surface area contributed by atoms with Gasteiger partial charge in [-0.3, -0.25) is 25.2 Å². The Labute approximate surface area is 190 Å². The second-order valence-electron chi connectivity index (χ2n) is 6.66. The number of hydrogen-bond acceptors (Lipinski definition) is 5. The van der Waals surface area contributed by atoms with E-state index in [9.17, 15) is 22.4 Å². The van der Waals surface area contributed by atoms with Crippen LogP contribution in [0.3, 0.4) is 0 Å². The number of halogens is 1. The van der Waals surface area contributed by atoms with Crippen molar-refractivity contribution < 1.29 is 27.1 Å². The molecule has 2 amide bonds. The summed E-state index contributed by atoms with van der Waals surface area (Å²) in [5.74, 6) is -1.56. The maximum absolute atomic E-state index is 13.6. The molecule has 3 aromatic rings. The molecule has 0 aliphatic rings. The van der Waals surface area contributed by atoms with Crippen LogP contribution in [-0.2, 0) is 14.8 Å². The minimum atomic E-state index is -3.80. The van der Waals surface area contributed by atoms with E-state index in [1.165, 1.54) is 55.7 Å². The van der Waals surface area contributed by atoms with E-state index in [1.807, 2.05) is 0 Å². The van der Waals surface area contributed by atoms with Crippen LogP contribution in [-0.4, -0.2) is 27.3 Å². The van der Waals surface area contributed by atoms with Crippen LogP contribution in [0.2, 0.25) is 0 Å². The van der Waals surface area contributed by atoms with Crippen molar-refractivity contribution in [2.45, 2.75) is 4.90 Å². The normalized spacial score (nSPS) is 11.1. The number of benzene rings is 3. The summed E-state index contributed by atoms with van der Waals surface area (Å²) in [5.41, 5.74) is 4.98. The molecule has 0 saturated heterocycles. The van der Waals surface area contributed by atoms with Gasteiger partial charge in [-0.05, 0) is 60.2 Å². The molecular weight excluding hydrogens is 449 g/mol. The van der Waals surface area contributed by atoms with Gasteiger partial charge >= 0.3 is 0 Å². The summed E-state index contributed by atoms with van der Waals surface area (Å²) < 4.78 is 46.1. The van der Waals surface area contributed by atoms with Gasteiger partial charge in [0.1, 0.15) is 11.6 Å². The van der Waals surface area contributed by atoms with Crippen molar-refractivity contribution in [3.63, 3.8) is 0 Å². The van der Waals surface area contributed by atoms with E-state index in [-0.39, 0.29) is 10.5 Å². The highest BCUT2D eigenvalue weighted by Gasteiger charge is 2.14. The summed E-state index contributed by atoms with van der Waals surface area (Å²) in [6, 6.07) is 17.6. The van der Waals surface area contributed by atoms with E-state index < -0.39 is 27.7 Å². The zero-order valence-corrected chi connectivity index (χ0v) is 18.2. The molecule has 3 aromatic carbocycles.